The Morgan fingerprint density at radius 1 is 1.53 bits per heavy atom. The first-order chi connectivity index (χ1) is 9.01. The fourth-order valence-electron chi connectivity index (χ4n) is 2.27. The molecule has 0 bridgehead atoms. The van der Waals surface area contributed by atoms with E-state index in [1.165, 1.54) is 25.3 Å². The average Bonchev–Trinajstić information content (AvgIpc) is 3.15. The Morgan fingerprint density at radius 2 is 2.21 bits per heavy atom. The van der Waals surface area contributed by atoms with Crippen LogP contribution in [0.25, 0.3) is 0 Å². The summed E-state index contributed by atoms with van der Waals surface area (Å²) in [4.78, 5) is 10.4. The summed E-state index contributed by atoms with van der Waals surface area (Å²) in [6.45, 7) is 4.03. The molecule has 1 fully saturated rings. The molecule has 19 heavy (non-hydrogen) atoms. The standard InChI is InChI=1S/C14H19ClN2O2/c1-3-11(7-10-4-5-10)16-13-8-12(15)14(17(18)19)6-9(13)2/h6,8,10-11,16H,3-5,7H2,1-2H3. The number of nitro benzene ring substituents is 1. The van der Waals surface area contributed by atoms with Crippen molar-refractivity contribution >= 4 is 23.0 Å². The van der Waals surface area contributed by atoms with Crippen LogP contribution in [0.1, 0.15) is 38.2 Å². The van der Waals surface area contributed by atoms with E-state index in [1.807, 2.05) is 6.92 Å². The third-order valence-electron chi connectivity index (χ3n) is 3.66. The number of benzene rings is 1. The van der Waals surface area contributed by atoms with Gasteiger partial charge in [0.15, 0.2) is 0 Å². The summed E-state index contributed by atoms with van der Waals surface area (Å²) in [5.41, 5.74) is 1.74. The average molecular weight is 283 g/mol. The first-order valence-corrected chi connectivity index (χ1v) is 7.10. The molecule has 1 aromatic carbocycles. The predicted molar refractivity (Wildman–Crippen MR) is 77.9 cm³/mol. The van der Waals surface area contributed by atoms with Gasteiger partial charge in [-0.05, 0) is 37.3 Å². The molecule has 5 heteroatoms. The SMILES string of the molecule is CCC(CC1CC1)Nc1cc(Cl)c([N+](=O)[O-])cc1C. The van der Waals surface area contributed by atoms with Crippen molar-refractivity contribution in [3.8, 4) is 0 Å². The lowest BCUT2D eigenvalue weighted by atomic mass is 10.1. The quantitative estimate of drug-likeness (QED) is 0.615. The second kappa shape index (κ2) is 5.78. The number of aryl methyl sites for hydroxylation is 1. The van der Waals surface area contributed by atoms with Crippen LogP contribution in [0.5, 0.6) is 0 Å². The van der Waals surface area contributed by atoms with Crippen molar-refractivity contribution in [2.75, 3.05) is 5.32 Å². The Morgan fingerprint density at radius 3 is 2.74 bits per heavy atom. The van der Waals surface area contributed by atoms with Gasteiger partial charge in [-0.2, -0.15) is 0 Å². The zero-order valence-corrected chi connectivity index (χ0v) is 12.0. The molecule has 0 amide bonds. The van der Waals surface area contributed by atoms with Crippen molar-refractivity contribution < 1.29 is 4.92 Å². The molecule has 0 aromatic heterocycles. The van der Waals surface area contributed by atoms with Crippen molar-refractivity contribution in [1.82, 2.24) is 0 Å². The van der Waals surface area contributed by atoms with E-state index in [4.69, 9.17) is 11.6 Å². The van der Waals surface area contributed by atoms with Crippen LogP contribution >= 0.6 is 11.6 Å². The fourth-order valence-corrected chi connectivity index (χ4v) is 2.50. The van der Waals surface area contributed by atoms with Crippen LogP contribution in [0.4, 0.5) is 11.4 Å². The van der Waals surface area contributed by atoms with E-state index < -0.39 is 4.92 Å². The summed E-state index contributed by atoms with van der Waals surface area (Å²) in [5, 5.41) is 14.5. The number of nitro groups is 1. The van der Waals surface area contributed by atoms with Crippen molar-refractivity contribution in [2.45, 2.75) is 45.6 Å². The molecule has 4 nitrogen and oxygen atoms in total. The van der Waals surface area contributed by atoms with Crippen LogP contribution in [0.3, 0.4) is 0 Å². The molecule has 1 aromatic rings. The molecule has 2 rings (SSSR count). The van der Waals surface area contributed by atoms with E-state index in [1.54, 1.807) is 6.07 Å². The first kappa shape index (κ1) is 14.1. The van der Waals surface area contributed by atoms with Crippen molar-refractivity contribution in [3.05, 3.63) is 32.8 Å². The monoisotopic (exact) mass is 282 g/mol. The predicted octanol–water partition coefficient (Wildman–Crippen LogP) is 4.55. The fraction of sp³-hybridized carbons (Fsp3) is 0.571. The lowest BCUT2D eigenvalue weighted by Gasteiger charge is -2.19. The maximum atomic E-state index is 10.8. The third kappa shape index (κ3) is 3.60. The molecule has 0 heterocycles. The van der Waals surface area contributed by atoms with Crippen molar-refractivity contribution in [1.29, 1.82) is 0 Å². The number of halogens is 1. The van der Waals surface area contributed by atoms with Gasteiger partial charge in [0.25, 0.3) is 5.69 Å². The number of nitrogens with one attached hydrogen (secondary N) is 1. The Kier molecular flexibility index (Phi) is 4.30. The molecule has 1 unspecified atom stereocenters. The molecule has 104 valence electrons. The molecule has 0 spiro atoms. The topological polar surface area (TPSA) is 55.2 Å². The van der Waals surface area contributed by atoms with E-state index in [2.05, 4.69) is 12.2 Å². The maximum absolute atomic E-state index is 10.8. The summed E-state index contributed by atoms with van der Waals surface area (Å²) in [6, 6.07) is 3.63. The van der Waals surface area contributed by atoms with Crippen LogP contribution in [-0.2, 0) is 0 Å². The van der Waals surface area contributed by atoms with Gasteiger partial charge in [-0.3, -0.25) is 10.1 Å². The molecule has 1 atom stereocenters. The van der Waals surface area contributed by atoms with Gasteiger partial charge in [-0.25, -0.2) is 0 Å². The third-order valence-corrected chi connectivity index (χ3v) is 3.96. The molecule has 1 aliphatic rings. The summed E-state index contributed by atoms with van der Waals surface area (Å²) in [5.74, 6) is 0.853. The molecular weight excluding hydrogens is 264 g/mol. The maximum Gasteiger partial charge on any atom is 0.288 e. The molecule has 1 N–H and O–H groups in total. The molecule has 0 saturated heterocycles. The van der Waals surface area contributed by atoms with Crippen LogP contribution < -0.4 is 5.32 Å². The normalized spacial score (nSPS) is 16.2. The number of anilines is 1. The zero-order chi connectivity index (χ0) is 14.0. The van der Waals surface area contributed by atoms with Crippen LogP contribution in [-0.4, -0.2) is 11.0 Å². The summed E-state index contributed by atoms with van der Waals surface area (Å²) in [6.07, 6.45) is 4.88. The van der Waals surface area contributed by atoms with Crippen molar-refractivity contribution in [3.63, 3.8) is 0 Å². The Bertz CT molecular complexity index is 487. The Balaban J connectivity index is 2.14. The van der Waals surface area contributed by atoms with Crippen LogP contribution in [0.2, 0.25) is 5.02 Å². The Labute approximate surface area is 118 Å². The van der Waals surface area contributed by atoms with Gasteiger partial charge in [0, 0.05) is 17.8 Å². The largest absolute Gasteiger partial charge is 0.382 e. The van der Waals surface area contributed by atoms with E-state index >= 15 is 0 Å². The summed E-state index contributed by atoms with van der Waals surface area (Å²) >= 11 is 5.96. The summed E-state index contributed by atoms with van der Waals surface area (Å²) in [7, 11) is 0. The molecule has 1 aliphatic carbocycles. The van der Waals surface area contributed by atoms with Gasteiger partial charge in [0.2, 0.25) is 0 Å². The Hall–Kier alpha value is -1.29. The van der Waals surface area contributed by atoms with Crippen LogP contribution in [0.15, 0.2) is 12.1 Å². The van der Waals surface area contributed by atoms with Gasteiger partial charge in [-0.1, -0.05) is 31.4 Å². The highest BCUT2D eigenvalue weighted by atomic mass is 35.5. The molecule has 0 radical (unpaired) electrons. The highest BCUT2D eigenvalue weighted by Crippen LogP contribution is 2.36. The number of nitrogens with zero attached hydrogens (tertiary/aromatic N) is 1. The molecule has 1 saturated carbocycles. The van der Waals surface area contributed by atoms with Gasteiger partial charge >= 0.3 is 0 Å². The minimum Gasteiger partial charge on any atom is -0.382 e. The highest BCUT2D eigenvalue weighted by Gasteiger charge is 2.25. The molecular formula is C14H19ClN2O2. The minimum absolute atomic E-state index is 0.0278. The van der Waals surface area contributed by atoms with E-state index in [0.717, 1.165) is 23.6 Å². The molecule has 0 aliphatic heterocycles. The summed E-state index contributed by atoms with van der Waals surface area (Å²) < 4.78 is 0. The second-order valence-corrected chi connectivity index (χ2v) is 5.71. The smallest absolute Gasteiger partial charge is 0.288 e. The van der Waals surface area contributed by atoms with Gasteiger partial charge in [0.05, 0.1) is 4.92 Å². The minimum atomic E-state index is -0.444. The lowest BCUT2D eigenvalue weighted by molar-refractivity contribution is -0.384. The van der Waals surface area contributed by atoms with E-state index in [9.17, 15) is 10.1 Å². The number of hydrogen-bond acceptors (Lipinski definition) is 3. The van der Waals surface area contributed by atoms with Gasteiger partial charge < -0.3 is 5.32 Å². The zero-order valence-electron chi connectivity index (χ0n) is 11.3. The number of hydrogen-bond donors (Lipinski definition) is 1. The van der Waals surface area contributed by atoms with E-state index in [0.29, 0.717) is 6.04 Å². The lowest BCUT2D eigenvalue weighted by Crippen LogP contribution is -2.19. The van der Waals surface area contributed by atoms with Gasteiger partial charge in [-0.15, -0.1) is 0 Å². The highest BCUT2D eigenvalue weighted by molar-refractivity contribution is 6.33. The van der Waals surface area contributed by atoms with Crippen LogP contribution in [0, 0.1) is 23.0 Å². The van der Waals surface area contributed by atoms with Crippen molar-refractivity contribution in [2.24, 2.45) is 5.92 Å². The second-order valence-electron chi connectivity index (χ2n) is 5.30. The van der Waals surface area contributed by atoms with Gasteiger partial charge in [0.1, 0.15) is 5.02 Å². The first-order valence-electron chi connectivity index (χ1n) is 6.72. The van der Waals surface area contributed by atoms with E-state index in [-0.39, 0.29) is 10.7 Å². The number of rotatable bonds is 6.